The molecule has 8 heteroatoms. The number of thiazole rings is 1. The van der Waals surface area contributed by atoms with Crippen LogP contribution in [0.5, 0.6) is 17.4 Å². The summed E-state index contributed by atoms with van der Waals surface area (Å²) in [7, 11) is 1.60. The lowest BCUT2D eigenvalue weighted by molar-refractivity contribution is 0.111. The molecule has 0 N–H and O–H groups in total. The van der Waals surface area contributed by atoms with Gasteiger partial charge >= 0.3 is 0 Å². The summed E-state index contributed by atoms with van der Waals surface area (Å²) in [5.74, 6) is 1.47. The first-order valence-corrected chi connectivity index (χ1v) is 12.5. The van der Waals surface area contributed by atoms with E-state index in [0.29, 0.717) is 23.7 Å². The van der Waals surface area contributed by atoms with Crippen molar-refractivity contribution in [3.05, 3.63) is 107 Å². The quantitative estimate of drug-likeness (QED) is 0.205. The molecular formula is C29H25N3O4S. The molecule has 0 fully saturated rings. The van der Waals surface area contributed by atoms with E-state index in [-0.39, 0.29) is 12.5 Å². The van der Waals surface area contributed by atoms with Crippen LogP contribution < -0.4 is 14.2 Å². The SMILES string of the molecule is COc1cc(COc2nn(-c3ccccc3)cc2C=O)ccc1OCc1nc(-c2ccccc2)sc1C. The molecule has 3 aromatic carbocycles. The van der Waals surface area contributed by atoms with E-state index in [9.17, 15) is 4.79 Å². The second-order valence-corrected chi connectivity index (χ2v) is 9.44. The van der Waals surface area contributed by atoms with Crippen molar-refractivity contribution in [1.29, 1.82) is 0 Å². The van der Waals surface area contributed by atoms with Crippen molar-refractivity contribution in [2.24, 2.45) is 0 Å². The fraction of sp³-hybridized carbons (Fsp3) is 0.138. The van der Waals surface area contributed by atoms with Crippen molar-refractivity contribution < 1.29 is 19.0 Å². The van der Waals surface area contributed by atoms with E-state index >= 15 is 0 Å². The van der Waals surface area contributed by atoms with Crippen LogP contribution in [0.2, 0.25) is 0 Å². The zero-order valence-corrected chi connectivity index (χ0v) is 21.3. The van der Waals surface area contributed by atoms with Crippen LogP contribution in [0.15, 0.2) is 85.1 Å². The second-order valence-electron chi connectivity index (χ2n) is 8.24. The molecular weight excluding hydrogens is 486 g/mol. The van der Waals surface area contributed by atoms with Gasteiger partial charge in [-0.2, -0.15) is 0 Å². The molecule has 0 amide bonds. The molecule has 0 saturated heterocycles. The lowest BCUT2D eigenvalue weighted by Gasteiger charge is -2.12. The summed E-state index contributed by atoms with van der Waals surface area (Å²) < 4.78 is 19.1. The van der Waals surface area contributed by atoms with E-state index < -0.39 is 0 Å². The summed E-state index contributed by atoms with van der Waals surface area (Å²) in [5, 5.41) is 5.40. The zero-order valence-electron chi connectivity index (χ0n) is 20.5. The maximum Gasteiger partial charge on any atom is 0.244 e. The number of methoxy groups -OCH3 is 1. The minimum atomic E-state index is 0.217. The van der Waals surface area contributed by atoms with Gasteiger partial charge in [0.15, 0.2) is 17.8 Å². The summed E-state index contributed by atoms with van der Waals surface area (Å²) in [6.07, 6.45) is 2.39. The number of aryl methyl sites for hydroxylation is 1. The molecule has 0 aliphatic rings. The van der Waals surface area contributed by atoms with Crippen molar-refractivity contribution >= 4 is 17.6 Å². The van der Waals surface area contributed by atoms with Crippen LogP contribution in [-0.2, 0) is 13.2 Å². The number of carbonyl (C=O) groups excluding carboxylic acids is 1. The monoisotopic (exact) mass is 511 g/mol. The minimum absolute atomic E-state index is 0.217. The molecule has 0 aliphatic carbocycles. The first-order chi connectivity index (χ1) is 18.1. The first-order valence-electron chi connectivity index (χ1n) is 11.7. The van der Waals surface area contributed by atoms with E-state index in [1.807, 2.05) is 73.7 Å². The first kappa shape index (κ1) is 24.3. The highest BCUT2D eigenvalue weighted by Gasteiger charge is 2.14. The molecule has 2 heterocycles. The summed E-state index contributed by atoms with van der Waals surface area (Å²) in [6.45, 7) is 2.60. The third-order valence-electron chi connectivity index (χ3n) is 5.74. The molecule has 5 rings (SSSR count). The number of ether oxygens (including phenoxy) is 3. The van der Waals surface area contributed by atoms with Gasteiger partial charge in [-0.1, -0.05) is 54.6 Å². The van der Waals surface area contributed by atoms with Gasteiger partial charge in [0, 0.05) is 16.6 Å². The van der Waals surface area contributed by atoms with E-state index in [2.05, 4.69) is 17.2 Å². The Morgan fingerprint density at radius 1 is 0.919 bits per heavy atom. The molecule has 0 atom stereocenters. The van der Waals surface area contributed by atoms with E-state index in [1.54, 1.807) is 29.3 Å². The zero-order chi connectivity index (χ0) is 25.6. The van der Waals surface area contributed by atoms with Crippen LogP contribution in [0, 0.1) is 6.92 Å². The van der Waals surface area contributed by atoms with Gasteiger partial charge in [-0.3, -0.25) is 4.79 Å². The summed E-state index contributed by atoms with van der Waals surface area (Å²) in [4.78, 5) is 17.4. The highest BCUT2D eigenvalue weighted by molar-refractivity contribution is 7.15. The van der Waals surface area contributed by atoms with Gasteiger partial charge < -0.3 is 14.2 Å². The van der Waals surface area contributed by atoms with Crippen molar-refractivity contribution in [3.63, 3.8) is 0 Å². The Kier molecular flexibility index (Phi) is 7.28. The van der Waals surface area contributed by atoms with Crippen LogP contribution >= 0.6 is 11.3 Å². The van der Waals surface area contributed by atoms with Crippen LogP contribution in [0.25, 0.3) is 16.3 Å². The van der Waals surface area contributed by atoms with Crippen LogP contribution in [0.4, 0.5) is 0 Å². The predicted octanol–water partition coefficient (Wildman–Crippen LogP) is 6.28. The van der Waals surface area contributed by atoms with Crippen LogP contribution in [-0.4, -0.2) is 28.2 Å². The van der Waals surface area contributed by atoms with E-state index in [0.717, 1.165) is 38.7 Å². The topological polar surface area (TPSA) is 75.5 Å². The Morgan fingerprint density at radius 3 is 2.41 bits per heavy atom. The maximum atomic E-state index is 11.5. The smallest absolute Gasteiger partial charge is 0.244 e. The van der Waals surface area contributed by atoms with Crippen molar-refractivity contribution in [2.75, 3.05) is 7.11 Å². The van der Waals surface area contributed by atoms with Gasteiger partial charge in [0.1, 0.15) is 18.2 Å². The van der Waals surface area contributed by atoms with Crippen molar-refractivity contribution in [2.45, 2.75) is 20.1 Å². The maximum absolute atomic E-state index is 11.5. The average molecular weight is 512 g/mol. The number of aldehydes is 1. The molecule has 0 aliphatic heterocycles. The molecule has 7 nitrogen and oxygen atoms in total. The van der Waals surface area contributed by atoms with Gasteiger partial charge in [0.2, 0.25) is 5.88 Å². The van der Waals surface area contributed by atoms with Gasteiger partial charge in [0.05, 0.1) is 24.1 Å². The second kappa shape index (κ2) is 11.1. The number of benzene rings is 3. The van der Waals surface area contributed by atoms with Crippen molar-refractivity contribution in [3.8, 4) is 33.6 Å². The van der Waals surface area contributed by atoms with Gasteiger partial charge in [-0.15, -0.1) is 16.4 Å². The summed E-state index contributed by atoms with van der Waals surface area (Å²) in [5.41, 5.74) is 4.06. The average Bonchev–Trinajstić information content (AvgIpc) is 3.55. The van der Waals surface area contributed by atoms with E-state index in [1.165, 1.54) is 0 Å². The number of hydrogen-bond acceptors (Lipinski definition) is 7. The Bertz CT molecular complexity index is 1500. The molecule has 2 aromatic heterocycles. The van der Waals surface area contributed by atoms with Gasteiger partial charge in [0.25, 0.3) is 0 Å². The number of para-hydroxylation sites is 1. The van der Waals surface area contributed by atoms with Crippen molar-refractivity contribution in [1.82, 2.24) is 14.8 Å². The molecule has 186 valence electrons. The fourth-order valence-corrected chi connectivity index (χ4v) is 4.68. The number of aromatic nitrogens is 3. The molecule has 0 bridgehead atoms. The molecule has 0 spiro atoms. The number of hydrogen-bond donors (Lipinski definition) is 0. The molecule has 5 aromatic rings. The van der Waals surface area contributed by atoms with Gasteiger partial charge in [-0.05, 0) is 36.8 Å². The third kappa shape index (κ3) is 5.54. The summed E-state index contributed by atoms with van der Waals surface area (Å²) in [6, 6.07) is 25.3. The largest absolute Gasteiger partial charge is 0.493 e. The molecule has 0 unspecified atom stereocenters. The minimum Gasteiger partial charge on any atom is -0.493 e. The number of carbonyl (C=O) groups is 1. The third-order valence-corrected chi connectivity index (χ3v) is 6.80. The van der Waals surface area contributed by atoms with E-state index in [4.69, 9.17) is 19.2 Å². The standard InChI is InChI=1S/C29H25N3O4S/c1-20-25(30-29(37-20)22-9-5-3-6-10-22)19-35-26-14-13-21(15-27(26)34-2)18-36-28-23(17-33)16-32(31-28)24-11-7-4-8-12-24/h3-17H,18-19H2,1-2H3. The lowest BCUT2D eigenvalue weighted by atomic mass is 10.2. The number of nitrogens with zero attached hydrogens (tertiary/aromatic N) is 3. The Balaban J connectivity index is 1.26. The molecule has 37 heavy (non-hydrogen) atoms. The Hall–Kier alpha value is -4.43. The molecule has 0 saturated carbocycles. The Morgan fingerprint density at radius 2 is 1.68 bits per heavy atom. The highest BCUT2D eigenvalue weighted by Crippen LogP contribution is 2.32. The Labute approximate surface area is 218 Å². The predicted molar refractivity (Wildman–Crippen MR) is 143 cm³/mol. The summed E-state index contributed by atoms with van der Waals surface area (Å²) >= 11 is 1.65. The van der Waals surface area contributed by atoms with Gasteiger partial charge in [-0.25, -0.2) is 9.67 Å². The highest BCUT2D eigenvalue weighted by atomic mass is 32.1. The lowest BCUT2D eigenvalue weighted by Crippen LogP contribution is -2.02. The molecule has 0 radical (unpaired) electrons. The normalized spacial score (nSPS) is 10.8. The van der Waals surface area contributed by atoms with Crippen LogP contribution in [0.3, 0.4) is 0 Å². The number of rotatable bonds is 10. The van der Waals surface area contributed by atoms with Crippen LogP contribution in [0.1, 0.15) is 26.5 Å². The fourth-order valence-electron chi connectivity index (χ4n) is 3.76.